The summed E-state index contributed by atoms with van der Waals surface area (Å²) in [6, 6.07) is 18.7. The molecule has 0 fully saturated rings. The molecule has 20 heteroatoms. The second kappa shape index (κ2) is 17.3. The number of nitrogens with zero attached hydrogens (tertiary/aromatic N) is 4. The standard InChI is InChI=1S/C18H16F3N3O4.C18H20N4O5S/c1-26-12-6-11(7-13(8-12)27-2)23-16(25)9-24-10-22-14-4-3-5-15(17(14)24)28-18(19,20)21;1-19-28(24,25)16-6-4-5-15-18(16)22(11-20-15)10-17(23)21-12-7-13(26-2)9-14(8-12)27-3/h3-8,10H,9H2,1-2H3,(H,23,25);4-9,11,19H,10H2,1-3H3,(H,21,23). The van der Waals surface area contributed by atoms with E-state index in [-0.39, 0.29) is 34.9 Å². The fraction of sp³-hybridized carbons (Fsp3) is 0.222. The third kappa shape index (κ3) is 9.95. The summed E-state index contributed by atoms with van der Waals surface area (Å²) in [4.78, 5) is 33.2. The molecule has 2 amide bonds. The predicted molar refractivity (Wildman–Crippen MR) is 199 cm³/mol. The first-order valence-electron chi connectivity index (χ1n) is 16.3. The van der Waals surface area contributed by atoms with E-state index in [1.165, 1.54) is 81.5 Å². The molecule has 0 saturated carbocycles. The van der Waals surface area contributed by atoms with E-state index in [2.05, 4.69) is 30.1 Å². The number of ether oxygens (including phenoxy) is 5. The molecule has 16 nitrogen and oxygen atoms in total. The van der Waals surface area contributed by atoms with Gasteiger partial charge in [0.05, 0.1) is 57.6 Å². The van der Waals surface area contributed by atoms with Gasteiger partial charge in [0.1, 0.15) is 46.5 Å². The van der Waals surface area contributed by atoms with Crippen molar-refractivity contribution in [1.29, 1.82) is 0 Å². The van der Waals surface area contributed by atoms with E-state index in [4.69, 9.17) is 18.9 Å². The molecular formula is C36H36F3N7O9S. The highest BCUT2D eigenvalue weighted by Gasteiger charge is 2.32. The Labute approximate surface area is 318 Å². The molecule has 0 aliphatic rings. The van der Waals surface area contributed by atoms with Crippen molar-refractivity contribution in [2.75, 3.05) is 46.1 Å². The lowest BCUT2D eigenvalue weighted by molar-refractivity contribution is -0.274. The number of fused-ring (bicyclic) bond motifs is 2. The highest BCUT2D eigenvalue weighted by molar-refractivity contribution is 7.89. The molecule has 0 spiro atoms. The van der Waals surface area contributed by atoms with E-state index in [0.717, 1.165) is 0 Å². The number of amides is 2. The van der Waals surface area contributed by atoms with Gasteiger partial charge in [0.2, 0.25) is 21.8 Å². The normalized spacial score (nSPS) is 11.4. The molecule has 296 valence electrons. The Bertz CT molecular complexity index is 2430. The average molecular weight is 800 g/mol. The highest BCUT2D eigenvalue weighted by Crippen LogP contribution is 2.31. The maximum atomic E-state index is 12.6. The Kier molecular flexibility index (Phi) is 12.5. The van der Waals surface area contributed by atoms with Gasteiger partial charge in [0.25, 0.3) is 0 Å². The summed E-state index contributed by atoms with van der Waals surface area (Å²) in [7, 11) is 3.60. The van der Waals surface area contributed by atoms with Crippen LogP contribution in [-0.2, 0) is 32.7 Å². The molecule has 0 radical (unpaired) electrons. The van der Waals surface area contributed by atoms with E-state index in [0.29, 0.717) is 45.4 Å². The van der Waals surface area contributed by atoms with Crippen molar-refractivity contribution in [3.05, 3.63) is 85.5 Å². The molecule has 2 aromatic heterocycles. The van der Waals surface area contributed by atoms with Crippen molar-refractivity contribution in [2.45, 2.75) is 24.3 Å². The molecule has 3 N–H and O–H groups in total. The van der Waals surface area contributed by atoms with E-state index >= 15 is 0 Å². The van der Waals surface area contributed by atoms with Gasteiger partial charge in [-0.15, -0.1) is 13.2 Å². The van der Waals surface area contributed by atoms with Gasteiger partial charge < -0.3 is 43.5 Å². The summed E-state index contributed by atoms with van der Waals surface area (Å²) in [5.74, 6) is 0.753. The number of rotatable bonds is 13. The first-order chi connectivity index (χ1) is 26.7. The van der Waals surface area contributed by atoms with Crippen LogP contribution in [0.25, 0.3) is 22.1 Å². The molecule has 6 aromatic rings. The van der Waals surface area contributed by atoms with Gasteiger partial charge in [0, 0.05) is 47.8 Å². The Hall–Kier alpha value is -6.54. The molecule has 6 rings (SSSR count). The van der Waals surface area contributed by atoms with Crippen LogP contribution in [-0.4, -0.2) is 81.2 Å². The zero-order chi connectivity index (χ0) is 40.6. The fourth-order valence-corrected chi connectivity index (χ4v) is 6.38. The van der Waals surface area contributed by atoms with Crippen molar-refractivity contribution in [2.24, 2.45) is 0 Å². The van der Waals surface area contributed by atoms with E-state index in [9.17, 15) is 31.2 Å². The van der Waals surface area contributed by atoms with Gasteiger partial charge in [-0.05, 0) is 31.3 Å². The summed E-state index contributed by atoms with van der Waals surface area (Å²) in [5, 5.41) is 5.41. The molecule has 0 unspecified atom stereocenters. The van der Waals surface area contributed by atoms with Crippen LogP contribution in [0.15, 0.2) is 90.3 Å². The van der Waals surface area contributed by atoms with Gasteiger partial charge in [0.15, 0.2) is 5.75 Å². The average Bonchev–Trinajstić information content (AvgIpc) is 3.78. The van der Waals surface area contributed by atoms with Crippen molar-refractivity contribution in [1.82, 2.24) is 23.8 Å². The lowest BCUT2D eigenvalue weighted by Gasteiger charge is -2.13. The zero-order valence-corrected chi connectivity index (χ0v) is 31.3. The number of halogens is 3. The van der Waals surface area contributed by atoms with Crippen LogP contribution >= 0.6 is 0 Å². The number of nitrogens with one attached hydrogen (secondary N) is 3. The molecule has 4 aromatic carbocycles. The van der Waals surface area contributed by atoms with Crippen molar-refractivity contribution in [3.8, 4) is 28.7 Å². The van der Waals surface area contributed by atoms with Gasteiger partial charge in [-0.1, -0.05) is 12.1 Å². The van der Waals surface area contributed by atoms with Crippen LogP contribution in [0.2, 0.25) is 0 Å². The first-order valence-corrected chi connectivity index (χ1v) is 17.8. The highest BCUT2D eigenvalue weighted by atomic mass is 32.2. The summed E-state index contributed by atoms with van der Waals surface area (Å²) in [6.07, 6.45) is -2.15. The van der Waals surface area contributed by atoms with Gasteiger partial charge in [-0.2, -0.15) is 0 Å². The second-order valence-electron chi connectivity index (χ2n) is 11.5. The van der Waals surface area contributed by atoms with E-state index in [1.807, 2.05) is 0 Å². The number of imidazole rings is 2. The Morgan fingerprint density at radius 1 is 0.679 bits per heavy atom. The van der Waals surface area contributed by atoms with Crippen LogP contribution in [0.4, 0.5) is 24.5 Å². The zero-order valence-electron chi connectivity index (χ0n) is 30.5. The largest absolute Gasteiger partial charge is 0.573 e. The number of carbonyl (C=O) groups excluding carboxylic acids is 2. The number of para-hydroxylation sites is 2. The minimum Gasteiger partial charge on any atom is -0.497 e. The quantitative estimate of drug-likeness (QED) is 0.140. The fourth-order valence-electron chi connectivity index (χ4n) is 5.43. The monoisotopic (exact) mass is 799 g/mol. The SMILES string of the molecule is CNS(=O)(=O)c1cccc2ncn(CC(=O)Nc3cc(OC)cc(OC)c3)c12.COc1cc(NC(=O)Cn2cnc3cccc(OC(F)(F)F)c32)cc(OC)c1. The Morgan fingerprint density at radius 3 is 1.54 bits per heavy atom. The predicted octanol–water partition coefficient (Wildman–Crippen LogP) is 5.19. The summed E-state index contributed by atoms with van der Waals surface area (Å²) in [5.41, 5.74) is 2.09. The Morgan fingerprint density at radius 2 is 1.11 bits per heavy atom. The van der Waals surface area contributed by atoms with Gasteiger partial charge in [-0.3, -0.25) is 9.59 Å². The van der Waals surface area contributed by atoms with Crippen molar-refractivity contribution in [3.63, 3.8) is 0 Å². The number of benzene rings is 4. The topological polar surface area (TPSA) is 186 Å². The molecule has 0 bridgehead atoms. The molecule has 0 atom stereocenters. The number of hydrogen-bond donors (Lipinski definition) is 3. The van der Waals surface area contributed by atoms with Gasteiger partial charge in [-0.25, -0.2) is 23.1 Å². The maximum Gasteiger partial charge on any atom is 0.573 e. The number of anilines is 2. The lowest BCUT2D eigenvalue weighted by Crippen LogP contribution is -2.21. The summed E-state index contributed by atoms with van der Waals surface area (Å²) >= 11 is 0. The molecule has 0 aliphatic heterocycles. The minimum absolute atomic E-state index is 0.0563. The number of carbonyl (C=O) groups is 2. The molecular weight excluding hydrogens is 763 g/mol. The number of hydrogen-bond acceptors (Lipinski definition) is 11. The Balaban J connectivity index is 0.000000214. The first kappa shape index (κ1) is 40.6. The van der Waals surface area contributed by atoms with Crippen molar-refractivity contribution >= 4 is 55.3 Å². The van der Waals surface area contributed by atoms with E-state index < -0.39 is 28.0 Å². The van der Waals surface area contributed by atoms with Gasteiger partial charge >= 0.3 is 6.36 Å². The number of sulfonamides is 1. The minimum atomic E-state index is -4.86. The molecule has 0 aliphatic carbocycles. The smallest absolute Gasteiger partial charge is 0.497 e. The van der Waals surface area contributed by atoms with Crippen LogP contribution < -0.4 is 39.0 Å². The molecule has 2 heterocycles. The van der Waals surface area contributed by atoms with Crippen LogP contribution in [0.5, 0.6) is 28.7 Å². The second-order valence-corrected chi connectivity index (χ2v) is 13.4. The van der Waals surface area contributed by atoms with E-state index in [1.54, 1.807) is 48.5 Å². The molecule has 56 heavy (non-hydrogen) atoms. The number of aromatic nitrogens is 4. The van der Waals surface area contributed by atoms with Crippen LogP contribution in [0.3, 0.4) is 0 Å². The van der Waals surface area contributed by atoms with Crippen LogP contribution in [0, 0.1) is 0 Å². The lowest BCUT2D eigenvalue weighted by atomic mass is 10.2. The van der Waals surface area contributed by atoms with Crippen molar-refractivity contribution < 1.29 is 54.9 Å². The third-order valence-corrected chi connectivity index (χ3v) is 9.33. The number of methoxy groups -OCH3 is 4. The maximum absolute atomic E-state index is 12.6. The summed E-state index contributed by atoms with van der Waals surface area (Å²) in [6.45, 7) is -0.388. The third-order valence-electron chi connectivity index (χ3n) is 7.88. The number of alkyl halides is 3. The summed E-state index contributed by atoms with van der Waals surface area (Å²) < 4.78 is 92.3. The van der Waals surface area contributed by atoms with Crippen LogP contribution in [0.1, 0.15) is 0 Å². The molecule has 0 saturated heterocycles.